The van der Waals surface area contributed by atoms with Gasteiger partial charge in [0.2, 0.25) is 0 Å². The lowest BCUT2D eigenvalue weighted by atomic mass is 10.0. The molecule has 27 heavy (non-hydrogen) atoms. The van der Waals surface area contributed by atoms with Gasteiger partial charge in [-0.25, -0.2) is 24.3 Å². The Morgan fingerprint density at radius 3 is 2.04 bits per heavy atom. The molecule has 0 aromatic heterocycles. The van der Waals surface area contributed by atoms with Crippen LogP contribution in [0.15, 0.2) is 46.6 Å². The molecule has 1 amide bonds. The summed E-state index contributed by atoms with van der Waals surface area (Å²) in [6.45, 7) is 0. The second-order valence-electron chi connectivity index (χ2n) is 5.71. The van der Waals surface area contributed by atoms with Crippen molar-refractivity contribution in [1.29, 1.82) is 0 Å². The zero-order chi connectivity index (χ0) is 20.1. The molecular formula is C18H21N3O6. The van der Waals surface area contributed by atoms with Gasteiger partial charge >= 0.3 is 18.0 Å². The Balaban J connectivity index is 2.82. The summed E-state index contributed by atoms with van der Waals surface area (Å²) >= 11 is 0. The van der Waals surface area contributed by atoms with Crippen molar-refractivity contribution in [3.05, 3.63) is 47.2 Å². The largest absolute Gasteiger partial charge is 0.465 e. The Morgan fingerprint density at radius 1 is 0.963 bits per heavy atom. The molecule has 1 heterocycles. The van der Waals surface area contributed by atoms with Gasteiger partial charge in [0, 0.05) is 5.56 Å². The number of carbonyl (C=O) groups is 3. The highest BCUT2D eigenvalue weighted by Gasteiger charge is 2.43. The van der Waals surface area contributed by atoms with Gasteiger partial charge < -0.3 is 14.2 Å². The van der Waals surface area contributed by atoms with Gasteiger partial charge in [0.25, 0.3) is 0 Å². The summed E-state index contributed by atoms with van der Waals surface area (Å²) in [7, 11) is 6.86. The number of amidine groups is 1. The van der Waals surface area contributed by atoms with Gasteiger partial charge in [-0.3, -0.25) is 4.90 Å². The summed E-state index contributed by atoms with van der Waals surface area (Å²) in [5.41, 5.74) is 0.128. The molecule has 1 aromatic rings. The van der Waals surface area contributed by atoms with E-state index < -0.39 is 24.2 Å². The van der Waals surface area contributed by atoms with Crippen LogP contribution in [0.3, 0.4) is 0 Å². The number of hydrogen-bond acceptors (Lipinski definition) is 8. The minimum Gasteiger partial charge on any atom is -0.465 e. The van der Waals surface area contributed by atoms with Crippen LogP contribution in [-0.4, -0.2) is 75.3 Å². The number of rotatable bonds is 4. The molecule has 1 atom stereocenters. The van der Waals surface area contributed by atoms with Gasteiger partial charge in [-0.15, -0.1) is 0 Å². The highest BCUT2D eigenvalue weighted by atomic mass is 16.5. The Bertz CT molecular complexity index is 801. The Hall–Kier alpha value is -3.20. The smallest absolute Gasteiger partial charge is 0.420 e. The highest BCUT2D eigenvalue weighted by Crippen LogP contribution is 2.29. The molecule has 144 valence electrons. The van der Waals surface area contributed by atoms with Gasteiger partial charge in [0.15, 0.2) is 5.70 Å². The van der Waals surface area contributed by atoms with Gasteiger partial charge in [-0.2, -0.15) is 0 Å². The number of ether oxygens (including phenoxy) is 3. The van der Waals surface area contributed by atoms with Crippen LogP contribution in [0.4, 0.5) is 4.79 Å². The van der Waals surface area contributed by atoms with Crippen molar-refractivity contribution in [3.63, 3.8) is 0 Å². The van der Waals surface area contributed by atoms with Crippen LogP contribution in [0, 0.1) is 0 Å². The van der Waals surface area contributed by atoms with Gasteiger partial charge in [-0.1, -0.05) is 30.3 Å². The van der Waals surface area contributed by atoms with Gasteiger partial charge in [-0.05, 0) is 14.1 Å². The molecule has 0 saturated carbocycles. The number of likely N-dealkylation sites (N-methyl/N-ethyl adjacent to an activating group) is 1. The van der Waals surface area contributed by atoms with Crippen LogP contribution in [0.25, 0.3) is 0 Å². The van der Waals surface area contributed by atoms with E-state index in [-0.39, 0.29) is 17.1 Å². The molecule has 1 aromatic carbocycles. The monoisotopic (exact) mass is 375 g/mol. The first kappa shape index (κ1) is 20.1. The third-order valence-corrected chi connectivity index (χ3v) is 3.86. The number of hydrogen-bond donors (Lipinski definition) is 0. The van der Waals surface area contributed by atoms with E-state index in [9.17, 15) is 14.4 Å². The number of methoxy groups -OCH3 is 3. The molecule has 0 aliphatic carbocycles. The molecule has 0 saturated heterocycles. The number of amides is 1. The fourth-order valence-electron chi connectivity index (χ4n) is 2.63. The number of esters is 2. The normalized spacial score (nSPS) is 16.7. The first-order valence-corrected chi connectivity index (χ1v) is 7.95. The standard InChI is InChI=1S/C18H21N3O6/c1-20(2)15-12(16(22)25-3)13(17(23)26-4)21(18(24)27-5)14(19-15)11-9-7-6-8-10-11/h6-10,15H,1-5H3. The molecule has 9 heteroatoms. The van der Waals surface area contributed by atoms with Crippen molar-refractivity contribution in [2.24, 2.45) is 4.99 Å². The molecular weight excluding hydrogens is 354 g/mol. The summed E-state index contributed by atoms with van der Waals surface area (Å²) in [5.74, 6) is -1.55. The maximum atomic E-state index is 12.6. The first-order chi connectivity index (χ1) is 12.9. The number of carbonyl (C=O) groups excluding carboxylic acids is 3. The van der Waals surface area contributed by atoms with Crippen LogP contribution < -0.4 is 0 Å². The van der Waals surface area contributed by atoms with Crippen molar-refractivity contribution in [3.8, 4) is 0 Å². The summed E-state index contributed by atoms with van der Waals surface area (Å²) in [4.78, 5) is 44.6. The molecule has 0 N–H and O–H groups in total. The van der Waals surface area contributed by atoms with Crippen LogP contribution in [0.1, 0.15) is 5.56 Å². The zero-order valence-corrected chi connectivity index (χ0v) is 15.8. The van der Waals surface area contributed by atoms with E-state index in [4.69, 9.17) is 14.2 Å². The number of aliphatic imine (C=N–C) groups is 1. The van der Waals surface area contributed by atoms with E-state index in [1.807, 2.05) is 0 Å². The lowest BCUT2D eigenvalue weighted by molar-refractivity contribution is -0.141. The topological polar surface area (TPSA) is 97.7 Å². The van der Waals surface area contributed by atoms with Crippen molar-refractivity contribution in [2.45, 2.75) is 6.17 Å². The molecule has 9 nitrogen and oxygen atoms in total. The third-order valence-electron chi connectivity index (χ3n) is 3.86. The minimum atomic E-state index is -0.893. The number of benzene rings is 1. The Morgan fingerprint density at radius 2 is 1.56 bits per heavy atom. The van der Waals surface area contributed by atoms with E-state index in [1.54, 1.807) is 49.3 Å². The van der Waals surface area contributed by atoms with E-state index >= 15 is 0 Å². The molecule has 1 unspecified atom stereocenters. The second-order valence-corrected chi connectivity index (χ2v) is 5.71. The summed E-state index contributed by atoms with van der Waals surface area (Å²) in [6.07, 6.45) is -1.76. The first-order valence-electron chi connectivity index (χ1n) is 7.95. The average Bonchev–Trinajstić information content (AvgIpc) is 2.70. The molecule has 0 spiro atoms. The lowest BCUT2D eigenvalue weighted by Gasteiger charge is -2.34. The van der Waals surface area contributed by atoms with Crippen molar-refractivity contribution >= 4 is 23.9 Å². The summed E-state index contributed by atoms with van der Waals surface area (Å²) in [6, 6.07) is 8.76. The zero-order valence-electron chi connectivity index (χ0n) is 15.8. The molecule has 1 aliphatic rings. The highest BCUT2D eigenvalue weighted by molar-refractivity contribution is 6.16. The van der Waals surface area contributed by atoms with Crippen LogP contribution in [-0.2, 0) is 23.8 Å². The molecule has 2 rings (SSSR count). The van der Waals surface area contributed by atoms with Crippen molar-refractivity contribution < 1.29 is 28.6 Å². The number of nitrogens with zero attached hydrogens (tertiary/aromatic N) is 3. The molecule has 0 radical (unpaired) electrons. The SMILES string of the molecule is COC(=O)C1=C(C(=O)OC)N(C(=O)OC)C(c2ccccc2)=NC1N(C)C. The second kappa shape index (κ2) is 8.45. The maximum absolute atomic E-state index is 12.6. The van der Waals surface area contributed by atoms with Crippen LogP contribution >= 0.6 is 0 Å². The van der Waals surface area contributed by atoms with E-state index in [0.29, 0.717) is 5.56 Å². The van der Waals surface area contributed by atoms with Crippen molar-refractivity contribution in [2.75, 3.05) is 35.4 Å². The Kier molecular flexibility index (Phi) is 6.30. The quantitative estimate of drug-likeness (QED) is 0.572. The van der Waals surface area contributed by atoms with Gasteiger partial charge in [0.1, 0.15) is 17.6 Å². The van der Waals surface area contributed by atoms with Crippen molar-refractivity contribution in [1.82, 2.24) is 9.80 Å². The third kappa shape index (κ3) is 3.82. The predicted octanol–water partition coefficient (Wildman–Crippen LogP) is 1.00. The molecule has 0 fully saturated rings. The lowest BCUT2D eigenvalue weighted by Crippen LogP contribution is -2.49. The minimum absolute atomic E-state index is 0.126. The fourth-order valence-corrected chi connectivity index (χ4v) is 2.63. The average molecular weight is 375 g/mol. The van der Waals surface area contributed by atoms with E-state index in [0.717, 1.165) is 19.1 Å². The van der Waals surface area contributed by atoms with Crippen LogP contribution in [0.5, 0.6) is 0 Å². The fraction of sp³-hybridized carbons (Fsp3) is 0.333. The van der Waals surface area contributed by atoms with E-state index in [1.165, 1.54) is 7.11 Å². The summed E-state index contributed by atoms with van der Waals surface area (Å²) in [5, 5.41) is 0. The predicted molar refractivity (Wildman–Crippen MR) is 95.8 cm³/mol. The molecule has 0 bridgehead atoms. The summed E-state index contributed by atoms with van der Waals surface area (Å²) < 4.78 is 14.5. The maximum Gasteiger partial charge on any atom is 0.420 e. The molecule has 1 aliphatic heterocycles. The Labute approximate surface area is 156 Å². The van der Waals surface area contributed by atoms with Crippen LogP contribution in [0.2, 0.25) is 0 Å². The van der Waals surface area contributed by atoms with E-state index in [2.05, 4.69) is 4.99 Å². The van der Waals surface area contributed by atoms with Gasteiger partial charge in [0.05, 0.1) is 21.3 Å².